The molecule has 1 aromatic carbocycles. The van der Waals surface area contributed by atoms with Crippen molar-refractivity contribution in [1.29, 1.82) is 0 Å². The van der Waals surface area contributed by atoms with E-state index in [1.807, 2.05) is 0 Å². The predicted octanol–water partition coefficient (Wildman–Crippen LogP) is 2.68. The molecule has 0 spiro atoms. The zero-order valence-corrected chi connectivity index (χ0v) is 11.3. The first-order chi connectivity index (χ1) is 7.95. The minimum absolute atomic E-state index is 0.112. The van der Waals surface area contributed by atoms with Crippen LogP contribution in [0.1, 0.15) is 55.9 Å². The number of rotatable bonds is 2. The summed E-state index contributed by atoms with van der Waals surface area (Å²) in [6.07, 6.45) is 0. The van der Waals surface area contributed by atoms with Gasteiger partial charge in [0.2, 0.25) is 0 Å². The highest BCUT2D eigenvalue weighted by molar-refractivity contribution is 5.46. The summed E-state index contributed by atoms with van der Waals surface area (Å²) in [4.78, 5) is 0. The lowest BCUT2D eigenvalue weighted by atomic mass is 9.75. The molecule has 0 radical (unpaired) electrons. The van der Waals surface area contributed by atoms with Crippen LogP contribution in [0, 0.1) is 0 Å². The van der Waals surface area contributed by atoms with Crippen LogP contribution in [0.25, 0.3) is 0 Å². The van der Waals surface area contributed by atoms with Crippen molar-refractivity contribution in [3.05, 3.63) is 34.4 Å². The Bertz CT molecular complexity index is 404. The molecule has 1 aliphatic rings. The molecule has 2 heteroatoms. The van der Waals surface area contributed by atoms with Gasteiger partial charge in [-0.05, 0) is 28.2 Å². The van der Waals surface area contributed by atoms with Crippen LogP contribution in [0.15, 0.2) is 12.1 Å². The minimum atomic E-state index is 0.112. The number of aliphatic hydroxyl groups excluding tert-OH is 1. The summed E-state index contributed by atoms with van der Waals surface area (Å²) in [6.45, 7) is 10.9. The highest BCUT2D eigenvalue weighted by atomic mass is 16.3. The van der Waals surface area contributed by atoms with Gasteiger partial charge < -0.3 is 10.4 Å². The molecular weight excluding hydrogens is 210 g/mol. The van der Waals surface area contributed by atoms with Crippen LogP contribution in [0.3, 0.4) is 0 Å². The maximum atomic E-state index is 9.61. The maximum absolute atomic E-state index is 9.61. The number of fused-ring (bicyclic) bond motifs is 1. The average molecular weight is 233 g/mol. The molecule has 0 aromatic heterocycles. The Kier molecular flexibility index (Phi) is 3.28. The largest absolute Gasteiger partial charge is 0.392 e. The maximum Gasteiger partial charge on any atom is 0.0684 e. The molecule has 0 unspecified atom stereocenters. The van der Waals surface area contributed by atoms with E-state index in [4.69, 9.17) is 0 Å². The van der Waals surface area contributed by atoms with E-state index in [9.17, 15) is 5.11 Å². The zero-order chi connectivity index (χ0) is 12.6. The second kappa shape index (κ2) is 4.43. The summed E-state index contributed by atoms with van der Waals surface area (Å²) in [5.74, 6) is 0.510. The van der Waals surface area contributed by atoms with Crippen LogP contribution in [0.2, 0.25) is 0 Å². The summed E-state index contributed by atoms with van der Waals surface area (Å²) >= 11 is 0. The molecule has 0 fully saturated rings. The first kappa shape index (κ1) is 12.6. The second-order valence-electron chi connectivity index (χ2n) is 6.01. The van der Waals surface area contributed by atoms with E-state index >= 15 is 0 Å². The molecule has 2 N–H and O–H groups in total. The van der Waals surface area contributed by atoms with Gasteiger partial charge in [0, 0.05) is 18.5 Å². The van der Waals surface area contributed by atoms with Crippen LogP contribution >= 0.6 is 0 Å². The van der Waals surface area contributed by atoms with Crippen molar-refractivity contribution in [3.8, 4) is 0 Å². The van der Waals surface area contributed by atoms with E-state index < -0.39 is 0 Å². The van der Waals surface area contributed by atoms with Crippen LogP contribution in [-0.4, -0.2) is 11.7 Å². The van der Waals surface area contributed by atoms with E-state index in [2.05, 4.69) is 45.1 Å². The Hall–Kier alpha value is -0.860. The summed E-state index contributed by atoms with van der Waals surface area (Å²) in [5, 5.41) is 13.1. The SMILES string of the molecule is CC(C)c1cc(CO)c2c(c1)CNCC2(C)C. The van der Waals surface area contributed by atoms with E-state index in [0.29, 0.717) is 5.92 Å². The quantitative estimate of drug-likeness (QED) is 0.823. The third kappa shape index (κ3) is 2.24. The molecule has 2 nitrogen and oxygen atoms in total. The Morgan fingerprint density at radius 3 is 2.65 bits per heavy atom. The summed E-state index contributed by atoms with van der Waals surface area (Å²) in [7, 11) is 0. The fraction of sp³-hybridized carbons (Fsp3) is 0.600. The first-order valence-electron chi connectivity index (χ1n) is 6.43. The fourth-order valence-corrected chi connectivity index (χ4v) is 2.86. The summed E-state index contributed by atoms with van der Waals surface area (Å²) < 4.78 is 0. The Morgan fingerprint density at radius 2 is 2.06 bits per heavy atom. The van der Waals surface area contributed by atoms with Gasteiger partial charge in [-0.3, -0.25) is 0 Å². The van der Waals surface area contributed by atoms with Gasteiger partial charge in [-0.1, -0.05) is 39.8 Å². The number of nitrogens with one attached hydrogen (secondary N) is 1. The topological polar surface area (TPSA) is 32.3 Å². The highest BCUT2D eigenvalue weighted by Crippen LogP contribution is 2.34. The molecule has 94 valence electrons. The van der Waals surface area contributed by atoms with Crippen molar-refractivity contribution < 1.29 is 5.11 Å². The molecule has 1 aliphatic heterocycles. The van der Waals surface area contributed by atoms with E-state index in [1.165, 1.54) is 16.7 Å². The molecule has 2 rings (SSSR count). The standard InChI is InChI=1S/C15H23NO/c1-10(2)11-5-12-7-16-9-15(3,4)14(12)13(6-11)8-17/h5-6,10,16-17H,7-9H2,1-4H3. The monoisotopic (exact) mass is 233 g/mol. The normalized spacial score (nSPS) is 18.2. The lowest BCUT2D eigenvalue weighted by Gasteiger charge is -2.35. The van der Waals surface area contributed by atoms with Crippen molar-refractivity contribution in [2.45, 2.75) is 52.2 Å². The van der Waals surface area contributed by atoms with Gasteiger partial charge >= 0.3 is 0 Å². The third-order valence-electron chi connectivity index (χ3n) is 3.72. The minimum Gasteiger partial charge on any atom is -0.392 e. The predicted molar refractivity (Wildman–Crippen MR) is 71.2 cm³/mol. The van der Waals surface area contributed by atoms with Gasteiger partial charge in [0.05, 0.1) is 6.61 Å². The molecule has 1 heterocycles. The molecule has 0 bridgehead atoms. The first-order valence-corrected chi connectivity index (χ1v) is 6.43. The van der Waals surface area contributed by atoms with Gasteiger partial charge in [0.1, 0.15) is 0 Å². The van der Waals surface area contributed by atoms with E-state index in [0.717, 1.165) is 18.7 Å². The summed E-state index contributed by atoms with van der Waals surface area (Å²) in [6, 6.07) is 4.48. The van der Waals surface area contributed by atoms with Crippen LogP contribution < -0.4 is 5.32 Å². The van der Waals surface area contributed by atoms with Crippen LogP contribution in [0.5, 0.6) is 0 Å². The van der Waals surface area contributed by atoms with Gasteiger partial charge in [-0.2, -0.15) is 0 Å². The van der Waals surface area contributed by atoms with Crippen molar-refractivity contribution >= 4 is 0 Å². The molecule has 0 aliphatic carbocycles. The van der Waals surface area contributed by atoms with Crippen LogP contribution in [0.4, 0.5) is 0 Å². The summed E-state index contributed by atoms with van der Waals surface area (Å²) in [5.41, 5.74) is 5.26. The number of aliphatic hydroxyl groups is 1. The molecule has 0 amide bonds. The van der Waals surface area contributed by atoms with Crippen molar-refractivity contribution in [2.75, 3.05) is 6.54 Å². The lowest BCUT2D eigenvalue weighted by Crippen LogP contribution is -2.39. The average Bonchev–Trinajstić information content (AvgIpc) is 2.26. The van der Waals surface area contributed by atoms with Gasteiger partial charge in [-0.15, -0.1) is 0 Å². The molecule has 1 aromatic rings. The highest BCUT2D eigenvalue weighted by Gasteiger charge is 2.30. The molecular formula is C15H23NO. The van der Waals surface area contributed by atoms with Gasteiger partial charge in [0.25, 0.3) is 0 Å². The van der Waals surface area contributed by atoms with Gasteiger partial charge in [0.15, 0.2) is 0 Å². The fourth-order valence-electron chi connectivity index (χ4n) is 2.86. The molecule has 0 saturated heterocycles. The van der Waals surface area contributed by atoms with Crippen molar-refractivity contribution in [3.63, 3.8) is 0 Å². The van der Waals surface area contributed by atoms with Gasteiger partial charge in [-0.25, -0.2) is 0 Å². The third-order valence-corrected chi connectivity index (χ3v) is 3.72. The van der Waals surface area contributed by atoms with Crippen molar-refractivity contribution in [2.24, 2.45) is 0 Å². The molecule has 0 saturated carbocycles. The molecule has 17 heavy (non-hydrogen) atoms. The number of hydrogen-bond acceptors (Lipinski definition) is 2. The van der Waals surface area contributed by atoms with Crippen molar-refractivity contribution in [1.82, 2.24) is 5.32 Å². The second-order valence-corrected chi connectivity index (χ2v) is 6.01. The van der Waals surface area contributed by atoms with Crippen LogP contribution in [-0.2, 0) is 18.6 Å². The number of hydrogen-bond donors (Lipinski definition) is 2. The Balaban J connectivity index is 2.60. The lowest BCUT2D eigenvalue weighted by molar-refractivity contribution is 0.276. The van der Waals surface area contributed by atoms with E-state index in [-0.39, 0.29) is 12.0 Å². The zero-order valence-electron chi connectivity index (χ0n) is 11.3. The molecule has 0 atom stereocenters. The Morgan fingerprint density at radius 1 is 1.35 bits per heavy atom. The number of benzene rings is 1. The Labute approximate surface area is 104 Å². The smallest absolute Gasteiger partial charge is 0.0684 e. The van der Waals surface area contributed by atoms with E-state index in [1.54, 1.807) is 0 Å².